The third-order valence-electron chi connectivity index (χ3n) is 0.996. The number of ether oxygens (including phenoxy) is 3. The van der Waals surface area contributed by atoms with Crippen LogP contribution in [0.1, 0.15) is 20.8 Å². The average molecular weight is 393 g/mol. The van der Waals surface area contributed by atoms with E-state index in [1.54, 1.807) is 0 Å². The summed E-state index contributed by atoms with van der Waals surface area (Å²) in [6.45, 7) is 4.33. The fourth-order valence-corrected chi connectivity index (χ4v) is 0. The molecule has 0 saturated heterocycles. The summed E-state index contributed by atoms with van der Waals surface area (Å²) >= 11 is 0. The van der Waals surface area contributed by atoms with Crippen molar-refractivity contribution in [3.05, 3.63) is 0 Å². The molecule has 0 heterocycles. The van der Waals surface area contributed by atoms with Gasteiger partial charge >= 0.3 is 37.3 Å². The minimum absolute atomic E-state index is 0. The van der Waals surface area contributed by atoms with E-state index in [1.807, 2.05) is 0 Å². The third-order valence-corrected chi connectivity index (χ3v) is 0.996. The quantitative estimate of drug-likeness (QED) is 0.516. The topological polar surface area (TPSA) is 96.9 Å². The summed E-state index contributed by atoms with van der Waals surface area (Å²) in [6, 6.07) is 0. The molecule has 0 aliphatic rings. The van der Waals surface area contributed by atoms with E-state index in [0.717, 1.165) is 0 Å². The summed E-state index contributed by atoms with van der Waals surface area (Å²) in [7, 11) is 4.16. The molecule has 7 heteroatoms. The molecule has 0 fully saturated rings. The Labute approximate surface area is 127 Å². The molecule has 3 unspecified atom stereocenters. The molecule has 105 valence electrons. The van der Waals surface area contributed by atoms with Crippen LogP contribution in [0.5, 0.6) is 0 Å². The Kier molecular flexibility index (Phi) is 34.3. The first-order valence-corrected chi connectivity index (χ1v) is 4.37. The fraction of sp³-hybridized carbons (Fsp3) is 1.00. The summed E-state index contributed by atoms with van der Waals surface area (Å²) in [4.78, 5) is 0. The zero-order valence-electron chi connectivity index (χ0n) is 10.5. The van der Waals surface area contributed by atoms with E-state index in [1.165, 1.54) is 42.1 Å². The van der Waals surface area contributed by atoms with E-state index in [4.69, 9.17) is 0 Å². The van der Waals surface area contributed by atoms with Crippen LogP contribution in [-0.4, -0.2) is 40.2 Å². The first-order valence-electron chi connectivity index (χ1n) is 4.37. The second-order valence-electron chi connectivity index (χ2n) is 2.41. The van der Waals surface area contributed by atoms with Crippen LogP contribution in [0, 0.1) is 37.3 Å². The summed E-state index contributed by atoms with van der Waals surface area (Å²) in [6.07, 6.45) is -2.60. The van der Waals surface area contributed by atoms with Gasteiger partial charge < -0.3 is 29.5 Å². The van der Waals surface area contributed by atoms with E-state index < -0.39 is 18.9 Å². The molecule has 0 N–H and O–H groups in total. The minimum Gasteiger partial charge on any atom is -0.831 e. The summed E-state index contributed by atoms with van der Waals surface area (Å²) in [5.74, 6) is 0. The molecule has 0 rings (SSSR count). The van der Waals surface area contributed by atoms with Gasteiger partial charge in [0.2, 0.25) is 0 Å². The van der Waals surface area contributed by atoms with Gasteiger partial charge in [0, 0.05) is 21.3 Å². The van der Waals surface area contributed by atoms with Gasteiger partial charge in [0.15, 0.2) is 0 Å². The van der Waals surface area contributed by atoms with Crippen LogP contribution >= 0.6 is 0 Å². The molecule has 0 saturated carbocycles. The number of rotatable bonds is 3. The van der Waals surface area contributed by atoms with Gasteiger partial charge in [-0.05, 0) is 18.9 Å². The molecular weight excluding hydrogens is 371 g/mol. The van der Waals surface area contributed by atoms with Gasteiger partial charge in [-0.15, -0.1) is 0 Å². The molecule has 0 aliphatic heterocycles. The predicted octanol–water partition coefficient (Wildman–Crippen LogP) is -1.98. The molecule has 0 aliphatic carbocycles. The van der Waals surface area contributed by atoms with Crippen molar-refractivity contribution in [2.75, 3.05) is 21.3 Å². The predicted molar refractivity (Wildman–Crippen MR) is 49.4 cm³/mol. The second-order valence-corrected chi connectivity index (χ2v) is 2.41. The Bertz CT molecular complexity index is 81.0. The van der Waals surface area contributed by atoms with Gasteiger partial charge in [-0.25, -0.2) is 0 Å². The van der Waals surface area contributed by atoms with Crippen LogP contribution in [0.3, 0.4) is 0 Å². The third kappa shape index (κ3) is 60.0. The first-order chi connectivity index (χ1) is 6.81. The first kappa shape index (κ1) is 25.8. The second kappa shape index (κ2) is 21.3. The fourth-order valence-electron chi connectivity index (χ4n) is 0. The summed E-state index contributed by atoms with van der Waals surface area (Å²) < 4.78 is 12.6. The maximum atomic E-state index is 9.67. The number of hydrogen-bond acceptors (Lipinski definition) is 6. The van der Waals surface area contributed by atoms with Crippen molar-refractivity contribution >= 4 is 0 Å². The monoisotopic (exact) mass is 391 g/mol. The minimum atomic E-state index is -0.866. The van der Waals surface area contributed by atoms with E-state index in [9.17, 15) is 15.3 Å². The molecule has 0 bridgehead atoms. The van der Waals surface area contributed by atoms with Gasteiger partial charge in [-0.1, -0.05) is 20.8 Å². The maximum Gasteiger partial charge on any atom is 3.00 e. The van der Waals surface area contributed by atoms with Gasteiger partial charge in [-0.3, -0.25) is 0 Å². The van der Waals surface area contributed by atoms with Crippen molar-refractivity contribution in [1.82, 2.24) is 0 Å². The molecule has 6 nitrogen and oxygen atoms in total. The van der Waals surface area contributed by atoms with E-state index in [2.05, 4.69) is 14.2 Å². The molecule has 0 spiro atoms. The molecular formula is C9H21ErO6. The molecule has 1 radical (unpaired) electrons. The van der Waals surface area contributed by atoms with Crippen molar-refractivity contribution in [3.8, 4) is 0 Å². The van der Waals surface area contributed by atoms with Crippen molar-refractivity contribution in [1.29, 1.82) is 0 Å². The normalized spacial score (nSPS) is 14.1. The van der Waals surface area contributed by atoms with Gasteiger partial charge in [0.25, 0.3) is 0 Å². The summed E-state index contributed by atoms with van der Waals surface area (Å²) in [5.41, 5.74) is 0. The Morgan fingerprint density at radius 1 is 0.625 bits per heavy atom. The Balaban J connectivity index is -0.0000000655. The van der Waals surface area contributed by atoms with Crippen molar-refractivity contribution in [2.24, 2.45) is 0 Å². The zero-order valence-corrected chi connectivity index (χ0v) is 12.3. The Morgan fingerprint density at radius 2 is 0.688 bits per heavy atom. The van der Waals surface area contributed by atoms with Gasteiger partial charge in [0.05, 0.1) is 0 Å². The average Bonchev–Trinajstić information content (AvgIpc) is 2.19. The van der Waals surface area contributed by atoms with Crippen LogP contribution in [0.4, 0.5) is 0 Å². The van der Waals surface area contributed by atoms with Crippen LogP contribution in [0.15, 0.2) is 0 Å². The van der Waals surface area contributed by atoms with Gasteiger partial charge in [0.1, 0.15) is 0 Å². The number of hydrogen-bond donors (Lipinski definition) is 0. The van der Waals surface area contributed by atoms with Crippen LogP contribution in [0.25, 0.3) is 0 Å². The molecule has 16 heavy (non-hydrogen) atoms. The molecule has 3 atom stereocenters. The van der Waals surface area contributed by atoms with Gasteiger partial charge in [-0.2, -0.15) is 0 Å². The van der Waals surface area contributed by atoms with E-state index in [0.29, 0.717) is 0 Å². The summed E-state index contributed by atoms with van der Waals surface area (Å²) in [5, 5.41) is 29.0. The Morgan fingerprint density at radius 3 is 0.688 bits per heavy atom. The number of methoxy groups -OCH3 is 3. The smallest absolute Gasteiger partial charge is 0.831 e. The SMILES string of the molecule is COC(C)[O-].COC(C)[O-].COC(C)[O-].[Er+3]. The van der Waals surface area contributed by atoms with E-state index >= 15 is 0 Å². The standard InChI is InChI=1S/3C3H7O2.Er/c3*1-3(4)5-2;/h3*3H,1-2H3;/q3*-1;+3. The Hall–Kier alpha value is 1.01. The van der Waals surface area contributed by atoms with Crippen molar-refractivity contribution < 1.29 is 66.8 Å². The molecule has 0 amide bonds. The molecule has 0 aromatic heterocycles. The molecule has 0 aromatic rings. The largest absolute Gasteiger partial charge is 3.00 e. The van der Waals surface area contributed by atoms with Crippen LogP contribution in [-0.2, 0) is 14.2 Å². The van der Waals surface area contributed by atoms with Crippen molar-refractivity contribution in [2.45, 2.75) is 39.6 Å². The molecule has 0 aromatic carbocycles. The van der Waals surface area contributed by atoms with Crippen LogP contribution < -0.4 is 15.3 Å². The maximum absolute atomic E-state index is 9.67. The van der Waals surface area contributed by atoms with Crippen molar-refractivity contribution in [3.63, 3.8) is 0 Å². The van der Waals surface area contributed by atoms with Crippen LogP contribution in [0.2, 0.25) is 0 Å². The van der Waals surface area contributed by atoms with E-state index in [-0.39, 0.29) is 37.3 Å². The zero-order chi connectivity index (χ0) is 12.9.